The van der Waals surface area contributed by atoms with E-state index in [1.807, 2.05) is 42.5 Å². The maximum atomic E-state index is 4.73. The summed E-state index contributed by atoms with van der Waals surface area (Å²) >= 11 is 1.53. The molecule has 3 heterocycles. The van der Waals surface area contributed by atoms with Crippen LogP contribution in [0.1, 0.15) is 0 Å². The van der Waals surface area contributed by atoms with Crippen molar-refractivity contribution >= 4 is 44.6 Å². The molecule has 0 spiro atoms. The number of nitrogens with zero attached hydrogens (tertiary/aromatic N) is 4. The minimum atomic E-state index is 0.673. The summed E-state index contributed by atoms with van der Waals surface area (Å²) in [6.07, 6.45) is 3.59. The van der Waals surface area contributed by atoms with Gasteiger partial charge in [-0.3, -0.25) is 10.1 Å². The minimum Gasteiger partial charge on any atom is -0.340 e. The van der Waals surface area contributed by atoms with Gasteiger partial charge < -0.3 is 5.32 Å². The third-order valence-corrected chi connectivity index (χ3v) is 4.73. The third kappa shape index (κ3) is 2.50. The Labute approximate surface area is 146 Å². The Morgan fingerprint density at radius 3 is 2.88 bits per heavy atom. The van der Waals surface area contributed by atoms with Crippen molar-refractivity contribution in [2.75, 3.05) is 5.32 Å². The van der Waals surface area contributed by atoms with E-state index in [1.54, 1.807) is 17.9 Å². The van der Waals surface area contributed by atoms with Crippen LogP contribution in [0.5, 0.6) is 0 Å². The van der Waals surface area contributed by atoms with Crippen LogP contribution in [0.4, 0.5) is 11.5 Å². The van der Waals surface area contributed by atoms with Crippen LogP contribution >= 0.6 is 11.3 Å². The molecule has 5 rings (SSSR count). The first-order chi connectivity index (χ1) is 12.4. The van der Waals surface area contributed by atoms with Crippen molar-refractivity contribution < 1.29 is 0 Å². The van der Waals surface area contributed by atoms with E-state index in [1.165, 1.54) is 11.3 Å². The molecule has 0 atom stereocenters. The summed E-state index contributed by atoms with van der Waals surface area (Å²) in [4.78, 5) is 14.5. The minimum absolute atomic E-state index is 0.673. The molecule has 2 N–H and O–H groups in total. The van der Waals surface area contributed by atoms with Crippen molar-refractivity contribution in [3.8, 4) is 10.7 Å². The summed E-state index contributed by atoms with van der Waals surface area (Å²) in [6.45, 7) is 0. The molecule has 0 aliphatic rings. The summed E-state index contributed by atoms with van der Waals surface area (Å²) in [5.74, 6) is 1.44. The van der Waals surface area contributed by atoms with Crippen LogP contribution in [0.25, 0.3) is 32.5 Å². The number of para-hydroxylation sites is 1. The van der Waals surface area contributed by atoms with Crippen molar-refractivity contribution in [3.63, 3.8) is 0 Å². The Kier molecular flexibility index (Phi) is 3.17. The molecule has 0 unspecified atom stereocenters. The number of aromatic nitrogens is 5. The molecular weight excluding hydrogens is 332 g/mol. The number of rotatable bonds is 3. The Hall–Kier alpha value is -3.32. The normalized spacial score (nSPS) is 11.2. The highest BCUT2D eigenvalue weighted by Gasteiger charge is 2.11. The van der Waals surface area contributed by atoms with Gasteiger partial charge in [-0.05, 0) is 30.3 Å². The molecule has 2 aromatic carbocycles. The number of H-pyrrole nitrogens is 1. The number of benzene rings is 2. The molecule has 3 aromatic heterocycles. The van der Waals surface area contributed by atoms with E-state index in [0.717, 1.165) is 38.2 Å². The lowest BCUT2D eigenvalue weighted by Crippen LogP contribution is -1.98. The maximum Gasteiger partial charge on any atom is 0.173 e. The molecule has 120 valence electrons. The number of thiazole rings is 1. The van der Waals surface area contributed by atoms with Gasteiger partial charge >= 0.3 is 0 Å². The molecule has 5 aromatic rings. The highest BCUT2D eigenvalue weighted by Crippen LogP contribution is 2.29. The SMILES string of the molecule is c1ccc2c(Nc3ccc4cn[nH]c4c3)nc(-c3cncs3)nc2c1. The summed E-state index contributed by atoms with van der Waals surface area (Å²) < 4.78 is 0. The lowest BCUT2D eigenvalue weighted by molar-refractivity contribution is 1.12. The van der Waals surface area contributed by atoms with Crippen molar-refractivity contribution in [2.24, 2.45) is 0 Å². The second-order valence-corrected chi connectivity index (χ2v) is 6.46. The smallest absolute Gasteiger partial charge is 0.173 e. The van der Waals surface area contributed by atoms with Gasteiger partial charge in [0, 0.05) is 22.7 Å². The molecule has 0 fully saturated rings. The largest absolute Gasteiger partial charge is 0.340 e. The number of hydrogen-bond donors (Lipinski definition) is 2. The van der Waals surface area contributed by atoms with Crippen LogP contribution in [0.3, 0.4) is 0 Å². The Morgan fingerprint density at radius 2 is 1.96 bits per heavy atom. The molecule has 0 aliphatic heterocycles. The summed E-state index contributed by atoms with van der Waals surface area (Å²) in [7, 11) is 0. The zero-order valence-corrected chi connectivity index (χ0v) is 13.8. The van der Waals surface area contributed by atoms with Gasteiger partial charge in [-0.2, -0.15) is 5.10 Å². The van der Waals surface area contributed by atoms with Gasteiger partial charge in [0.25, 0.3) is 0 Å². The number of hydrogen-bond acceptors (Lipinski definition) is 6. The van der Waals surface area contributed by atoms with E-state index >= 15 is 0 Å². The highest BCUT2D eigenvalue weighted by molar-refractivity contribution is 7.13. The highest BCUT2D eigenvalue weighted by atomic mass is 32.1. The molecule has 0 saturated carbocycles. The molecule has 6 nitrogen and oxygen atoms in total. The van der Waals surface area contributed by atoms with Crippen molar-refractivity contribution in [1.82, 2.24) is 25.1 Å². The fourth-order valence-electron chi connectivity index (χ4n) is 2.76. The number of nitrogens with one attached hydrogen (secondary N) is 2. The van der Waals surface area contributed by atoms with E-state index in [4.69, 9.17) is 4.98 Å². The molecule has 0 saturated heterocycles. The van der Waals surface area contributed by atoms with Crippen LogP contribution in [0.15, 0.2) is 60.4 Å². The average molecular weight is 344 g/mol. The van der Waals surface area contributed by atoms with Crippen LogP contribution in [-0.4, -0.2) is 25.1 Å². The Bertz CT molecular complexity index is 1180. The van der Waals surface area contributed by atoms with Gasteiger partial charge in [-0.1, -0.05) is 12.1 Å². The third-order valence-electron chi connectivity index (χ3n) is 3.96. The Balaban J connectivity index is 1.65. The van der Waals surface area contributed by atoms with Gasteiger partial charge in [-0.25, -0.2) is 9.97 Å². The second-order valence-electron chi connectivity index (χ2n) is 5.58. The molecule has 0 bridgehead atoms. The van der Waals surface area contributed by atoms with Gasteiger partial charge in [0.2, 0.25) is 0 Å². The van der Waals surface area contributed by atoms with Gasteiger partial charge in [-0.15, -0.1) is 11.3 Å². The van der Waals surface area contributed by atoms with Crippen LogP contribution in [0.2, 0.25) is 0 Å². The number of fused-ring (bicyclic) bond motifs is 2. The lowest BCUT2D eigenvalue weighted by Gasteiger charge is -2.10. The monoisotopic (exact) mass is 344 g/mol. The van der Waals surface area contributed by atoms with Crippen LogP contribution < -0.4 is 5.32 Å². The number of aromatic amines is 1. The quantitative estimate of drug-likeness (QED) is 0.508. The van der Waals surface area contributed by atoms with E-state index in [2.05, 4.69) is 25.5 Å². The maximum absolute atomic E-state index is 4.73. The first kappa shape index (κ1) is 14.1. The van der Waals surface area contributed by atoms with Gasteiger partial charge in [0.1, 0.15) is 5.82 Å². The number of anilines is 2. The molecular formula is C18H12N6S. The molecule has 7 heteroatoms. The second kappa shape index (κ2) is 5.64. The predicted molar refractivity (Wildman–Crippen MR) is 100 cm³/mol. The van der Waals surface area contributed by atoms with E-state index in [-0.39, 0.29) is 0 Å². The fraction of sp³-hybridized carbons (Fsp3) is 0. The standard InChI is InChI=1S/C18H12N6S/c1-2-4-14-13(3-1)17(23-18(22-14)16-9-19-10-25-16)21-12-6-5-11-8-20-24-15(11)7-12/h1-10H,(H,20,24)(H,21,22,23). The summed E-state index contributed by atoms with van der Waals surface area (Å²) in [5.41, 5.74) is 4.60. The van der Waals surface area contributed by atoms with Crippen molar-refractivity contribution in [2.45, 2.75) is 0 Å². The molecule has 25 heavy (non-hydrogen) atoms. The topological polar surface area (TPSA) is 79.4 Å². The van der Waals surface area contributed by atoms with E-state index in [9.17, 15) is 0 Å². The molecule has 0 radical (unpaired) electrons. The summed E-state index contributed by atoms with van der Waals surface area (Å²) in [6, 6.07) is 14.0. The Morgan fingerprint density at radius 1 is 1.00 bits per heavy atom. The molecule has 0 amide bonds. The molecule has 0 aliphatic carbocycles. The van der Waals surface area contributed by atoms with Crippen LogP contribution in [0, 0.1) is 0 Å². The fourth-order valence-corrected chi connectivity index (χ4v) is 3.31. The average Bonchev–Trinajstić information content (AvgIpc) is 3.33. The first-order valence-corrected chi connectivity index (χ1v) is 8.60. The van der Waals surface area contributed by atoms with Gasteiger partial charge in [0.15, 0.2) is 5.82 Å². The van der Waals surface area contributed by atoms with Crippen LogP contribution in [-0.2, 0) is 0 Å². The van der Waals surface area contributed by atoms with E-state index in [0.29, 0.717) is 5.82 Å². The first-order valence-electron chi connectivity index (χ1n) is 7.73. The predicted octanol–water partition coefficient (Wildman–Crippen LogP) is 4.37. The van der Waals surface area contributed by atoms with Crippen molar-refractivity contribution in [3.05, 3.63) is 60.4 Å². The summed E-state index contributed by atoms with van der Waals surface area (Å²) in [5, 5.41) is 12.5. The van der Waals surface area contributed by atoms with Crippen molar-refractivity contribution in [1.29, 1.82) is 0 Å². The lowest BCUT2D eigenvalue weighted by atomic mass is 10.2. The van der Waals surface area contributed by atoms with Gasteiger partial charge in [0.05, 0.1) is 27.6 Å². The van der Waals surface area contributed by atoms with E-state index < -0.39 is 0 Å². The zero-order chi connectivity index (χ0) is 16.6. The zero-order valence-electron chi connectivity index (χ0n) is 13.0.